The molecule has 1 aromatic heterocycles. The molecular weight excluding hydrogens is 287 g/mol. The van der Waals surface area contributed by atoms with E-state index in [1.165, 1.54) is 6.07 Å². The highest BCUT2D eigenvalue weighted by molar-refractivity contribution is 6.20. The van der Waals surface area contributed by atoms with Gasteiger partial charge in [0.25, 0.3) is 0 Å². The van der Waals surface area contributed by atoms with Crippen LogP contribution in [0.1, 0.15) is 27.8 Å². The van der Waals surface area contributed by atoms with Crippen LogP contribution in [0.3, 0.4) is 0 Å². The molecule has 2 aromatic rings. The Morgan fingerprint density at radius 2 is 1.95 bits per heavy atom. The summed E-state index contributed by atoms with van der Waals surface area (Å²) in [5, 5.41) is -0.536. The zero-order valence-corrected chi connectivity index (χ0v) is 11.5. The Labute approximate surface area is 120 Å². The van der Waals surface area contributed by atoms with E-state index in [0.717, 1.165) is 23.4 Å². The van der Waals surface area contributed by atoms with Crippen LogP contribution in [0.25, 0.3) is 0 Å². The maximum absolute atomic E-state index is 12.7. The first-order valence-electron chi connectivity index (χ1n) is 6.09. The van der Waals surface area contributed by atoms with Crippen LogP contribution in [0, 0.1) is 6.92 Å². The number of halogens is 4. The van der Waals surface area contributed by atoms with Gasteiger partial charge in [0.05, 0.1) is 10.9 Å². The van der Waals surface area contributed by atoms with Gasteiger partial charge >= 0.3 is 6.18 Å². The Morgan fingerprint density at radius 3 is 2.60 bits per heavy atom. The van der Waals surface area contributed by atoms with Crippen molar-refractivity contribution in [2.45, 2.75) is 24.9 Å². The Morgan fingerprint density at radius 1 is 1.20 bits per heavy atom. The lowest BCUT2D eigenvalue weighted by Crippen LogP contribution is -2.07. The second kappa shape index (κ2) is 5.83. The maximum Gasteiger partial charge on any atom is 0.416 e. The van der Waals surface area contributed by atoms with E-state index < -0.39 is 17.1 Å². The average Bonchev–Trinajstić information content (AvgIpc) is 2.40. The third kappa shape index (κ3) is 3.51. The largest absolute Gasteiger partial charge is 0.416 e. The third-order valence-corrected chi connectivity index (χ3v) is 3.47. The zero-order valence-electron chi connectivity index (χ0n) is 10.8. The highest BCUT2D eigenvalue weighted by Gasteiger charge is 2.30. The van der Waals surface area contributed by atoms with E-state index in [9.17, 15) is 13.2 Å². The van der Waals surface area contributed by atoms with E-state index in [1.807, 2.05) is 19.1 Å². The molecule has 0 spiro atoms. The number of alkyl halides is 4. The number of benzene rings is 1. The molecule has 1 unspecified atom stereocenters. The highest BCUT2D eigenvalue weighted by Crippen LogP contribution is 2.33. The molecule has 0 aliphatic heterocycles. The summed E-state index contributed by atoms with van der Waals surface area (Å²) in [5.74, 6) is 0. The van der Waals surface area contributed by atoms with Crippen molar-refractivity contribution in [2.75, 3.05) is 0 Å². The van der Waals surface area contributed by atoms with Gasteiger partial charge in [-0.1, -0.05) is 24.3 Å². The van der Waals surface area contributed by atoms with Crippen LogP contribution < -0.4 is 0 Å². The van der Waals surface area contributed by atoms with Crippen LogP contribution in [0.15, 0.2) is 42.6 Å². The SMILES string of the molecule is Cc1cccnc1CC(Cl)c1cccc(C(F)(F)F)c1. The first-order valence-corrected chi connectivity index (χ1v) is 6.53. The van der Waals surface area contributed by atoms with Gasteiger partial charge in [-0.2, -0.15) is 13.2 Å². The van der Waals surface area contributed by atoms with Gasteiger partial charge in [-0.25, -0.2) is 0 Å². The summed E-state index contributed by atoms with van der Waals surface area (Å²) in [6, 6.07) is 8.82. The van der Waals surface area contributed by atoms with Crippen LogP contribution in [0.5, 0.6) is 0 Å². The van der Waals surface area contributed by atoms with Gasteiger partial charge in [-0.3, -0.25) is 4.98 Å². The molecule has 106 valence electrons. The monoisotopic (exact) mass is 299 g/mol. The number of aromatic nitrogens is 1. The quantitative estimate of drug-likeness (QED) is 0.732. The van der Waals surface area contributed by atoms with Crippen LogP contribution >= 0.6 is 11.6 Å². The van der Waals surface area contributed by atoms with E-state index >= 15 is 0 Å². The fourth-order valence-corrected chi connectivity index (χ4v) is 2.21. The number of aryl methyl sites for hydroxylation is 1. The van der Waals surface area contributed by atoms with Crippen LogP contribution in [-0.4, -0.2) is 4.98 Å². The van der Waals surface area contributed by atoms with Gasteiger partial charge in [0.15, 0.2) is 0 Å². The first kappa shape index (κ1) is 14.9. The topological polar surface area (TPSA) is 12.9 Å². The molecule has 0 bridgehead atoms. The molecule has 20 heavy (non-hydrogen) atoms. The predicted octanol–water partition coefficient (Wildman–Crippen LogP) is 4.93. The minimum absolute atomic E-state index is 0.398. The van der Waals surface area contributed by atoms with Gasteiger partial charge < -0.3 is 0 Å². The van der Waals surface area contributed by atoms with Crippen molar-refractivity contribution >= 4 is 11.6 Å². The van der Waals surface area contributed by atoms with Gasteiger partial charge in [-0.05, 0) is 30.2 Å². The molecule has 2 rings (SSSR count). The minimum atomic E-state index is -4.35. The van der Waals surface area contributed by atoms with Crippen LogP contribution in [-0.2, 0) is 12.6 Å². The van der Waals surface area contributed by atoms with Crippen molar-refractivity contribution in [3.63, 3.8) is 0 Å². The van der Waals surface area contributed by atoms with Crippen molar-refractivity contribution in [1.82, 2.24) is 4.98 Å². The van der Waals surface area contributed by atoms with Gasteiger partial charge in [0, 0.05) is 18.3 Å². The Bertz CT molecular complexity index is 596. The number of hydrogen-bond donors (Lipinski definition) is 0. The molecule has 1 heterocycles. The number of hydrogen-bond acceptors (Lipinski definition) is 1. The lowest BCUT2D eigenvalue weighted by molar-refractivity contribution is -0.137. The molecular formula is C15H13ClF3N. The molecule has 0 radical (unpaired) electrons. The molecule has 0 saturated carbocycles. The number of rotatable bonds is 3. The summed E-state index contributed by atoms with van der Waals surface area (Å²) >= 11 is 6.23. The fraction of sp³-hybridized carbons (Fsp3) is 0.267. The van der Waals surface area contributed by atoms with Crippen molar-refractivity contribution in [2.24, 2.45) is 0 Å². The second-order valence-corrected chi connectivity index (χ2v) is 5.09. The lowest BCUT2D eigenvalue weighted by atomic mass is 10.0. The molecule has 1 atom stereocenters. The molecule has 0 fully saturated rings. The summed E-state index contributed by atoms with van der Waals surface area (Å²) in [6.45, 7) is 1.90. The molecule has 1 aromatic carbocycles. The van der Waals surface area contributed by atoms with Gasteiger partial charge in [0.2, 0.25) is 0 Å². The smallest absolute Gasteiger partial charge is 0.261 e. The summed E-state index contributed by atoms with van der Waals surface area (Å²) in [5.41, 5.74) is 1.54. The van der Waals surface area contributed by atoms with E-state index in [-0.39, 0.29) is 0 Å². The Hall–Kier alpha value is -1.55. The molecule has 0 aliphatic carbocycles. The summed E-state index contributed by atoms with van der Waals surface area (Å²) < 4.78 is 38.0. The van der Waals surface area contributed by atoms with Crippen molar-refractivity contribution in [3.05, 3.63) is 65.0 Å². The third-order valence-electron chi connectivity index (χ3n) is 3.07. The first-order chi connectivity index (χ1) is 9.38. The lowest BCUT2D eigenvalue weighted by Gasteiger charge is -2.13. The summed E-state index contributed by atoms with van der Waals surface area (Å²) in [6.07, 6.45) is -2.30. The molecule has 0 N–H and O–H groups in total. The van der Waals surface area contributed by atoms with Crippen molar-refractivity contribution < 1.29 is 13.2 Å². The van der Waals surface area contributed by atoms with Crippen LogP contribution in [0.2, 0.25) is 0 Å². The molecule has 0 saturated heterocycles. The standard InChI is InChI=1S/C15H13ClF3N/c1-10-4-3-7-20-14(10)9-13(16)11-5-2-6-12(8-11)15(17,18)19/h2-8,13H,9H2,1H3. The van der Waals surface area contributed by atoms with E-state index in [0.29, 0.717) is 12.0 Å². The predicted molar refractivity (Wildman–Crippen MR) is 72.7 cm³/mol. The Balaban J connectivity index is 2.22. The van der Waals surface area contributed by atoms with E-state index in [2.05, 4.69) is 4.98 Å². The van der Waals surface area contributed by atoms with Gasteiger partial charge in [-0.15, -0.1) is 11.6 Å². The Kier molecular flexibility index (Phi) is 4.33. The van der Waals surface area contributed by atoms with E-state index in [1.54, 1.807) is 12.3 Å². The fourth-order valence-electron chi connectivity index (χ4n) is 1.93. The van der Waals surface area contributed by atoms with Crippen LogP contribution in [0.4, 0.5) is 13.2 Å². The number of pyridine rings is 1. The van der Waals surface area contributed by atoms with Crippen molar-refractivity contribution in [3.8, 4) is 0 Å². The minimum Gasteiger partial charge on any atom is -0.261 e. The summed E-state index contributed by atoms with van der Waals surface area (Å²) in [7, 11) is 0. The van der Waals surface area contributed by atoms with Crippen molar-refractivity contribution in [1.29, 1.82) is 0 Å². The summed E-state index contributed by atoms with van der Waals surface area (Å²) in [4.78, 5) is 4.21. The maximum atomic E-state index is 12.7. The van der Waals surface area contributed by atoms with E-state index in [4.69, 9.17) is 11.6 Å². The van der Waals surface area contributed by atoms with Gasteiger partial charge in [0.1, 0.15) is 0 Å². The second-order valence-electron chi connectivity index (χ2n) is 4.56. The number of nitrogens with zero attached hydrogens (tertiary/aromatic N) is 1. The highest BCUT2D eigenvalue weighted by atomic mass is 35.5. The zero-order chi connectivity index (χ0) is 14.8. The molecule has 0 amide bonds. The molecule has 0 aliphatic rings. The molecule has 5 heteroatoms. The molecule has 1 nitrogen and oxygen atoms in total. The normalized spacial score (nSPS) is 13.2. The average molecular weight is 300 g/mol.